The fraction of sp³-hybridized carbons (Fsp3) is 0.385. The summed E-state index contributed by atoms with van der Waals surface area (Å²) in [5.41, 5.74) is 0.649. The maximum atomic E-state index is 12.0. The van der Waals surface area contributed by atoms with Crippen molar-refractivity contribution in [2.24, 2.45) is 0 Å². The highest BCUT2D eigenvalue weighted by Gasteiger charge is 2.32. The zero-order valence-corrected chi connectivity index (χ0v) is 10.2. The van der Waals surface area contributed by atoms with E-state index in [2.05, 4.69) is 6.07 Å². The van der Waals surface area contributed by atoms with Crippen molar-refractivity contribution in [1.82, 2.24) is 0 Å². The zero-order chi connectivity index (χ0) is 12.6. The second-order valence-corrected chi connectivity index (χ2v) is 4.79. The third-order valence-corrected chi connectivity index (χ3v) is 2.79. The van der Waals surface area contributed by atoms with Crippen molar-refractivity contribution in [3.05, 3.63) is 23.8 Å². The average molecular weight is 230 g/mol. The van der Waals surface area contributed by atoms with Crippen LogP contribution >= 0.6 is 0 Å². The smallest absolute Gasteiger partial charge is 0.230 e. The third-order valence-electron chi connectivity index (χ3n) is 2.79. The summed E-state index contributed by atoms with van der Waals surface area (Å²) in [6, 6.07) is 7.17. The lowest BCUT2D eigenvalue weighted by molar-refractivity contribution is -0.120. The predicted molar refractivity (Wildman–Crippen MR) is 63.9 cm³/mol. The normalized spacial score (nSPS) is 17.8. The highest BCUT2D eigenvalue weighted by molar-refractivity contribution is 5.95. The molecule has 1 aromatic carbocycles. The van der Waals surface area contributed by atoms with Crippen LogP contribution in [0, 0.1) is 11.3 Å². The van der Waals surface area contributed by atoms with Gasteiger partial charge in [-0.25, -0.2) is 0 Å². The van der Waals surface area contributed by atoms with Gasteiger partial charge in [-0.1, -0.05) is 0 Å². The van der Waals surface area contributed by atoms with E-state index in [-0.39, 0.29) is 5.91 Å². The molecule has 1 aromatic rings. The number of fused-ring (bicyclic) bond motifs is 1. The lowest BCUT2D eigenvalue weighted by atomic mass is 10.1. The van der Waals surface area contributed by atoms with Crippen LogP contribution < -0.4 is 9.64 Å². The standard InChI is InChI=1S/C13H14N2O2/c1-13(2)7-12(16)15(3)10-6-9(8-14)4-5-11(10)17-13/h4-6H,7H2,1-3H3. The van der Waals surface area contributed by atoms with Gasteiger partial charge >= 0.3 is 0 Å². The predicted octanol–water partition coefficient (Wildman–Crippen LogP) is 2.08. The van der Waals surface area contributed by atoms with Crippen molar-refractivity contribution in [2.45, 2.75) is 25.9 Å². The molecule has 1 aliphatic rings. The minimum atomic E-state index is -0.523. The van der Waals surface area contributed by atoms with Gasteiger partial charge in [-0.2, -0.15) is 5.26 Å². The molecule has 0 spiro atoms. The quantitative estimate of drug-likeness (QED) is 0.685. The first-order valence-corrected chi connectivity index (χ1v) is 5.43. The van der Waals surface area contributed by atoms with Crippen LogP contribution in [0.1, 0.15) is 25.8 Å². The van der Waals surface area contributed by atoms with Crippen molar-refractivity contribution in [2.75, 3.05) is 11.9 Å². The van der Waals surface area contributed by atoms with Crippen molar-refractivity contribution in [3.63, 3.8) is 0 Å². The summed E-state index contributed by atoms with van der Waals surface area (Å²) in [7, 11) is 1.70. The Hall–Kier alpha value is -2.02. The molecule has 0 radical (unpaired) electrons. The molecular formula is C13H14N2O2. The van der Waals surface area contributed by atoms with Crippen LogP contribution in [0.4, 0.5) is 5.69 Å². The van der Waals surface area contributed by atoms with Crippen LogP contribution in [0.15, 0.2) is 18.2 Å². The van der Waals surface area contributed by atoms with Gasteiger partial charge in [0.2, 0.25) is 5.91 Å². The van der Waals surface area contributed by atoms with Crippen LogP contribution in [-0.4, -0.2) is 18.6 Å². The van der Waals surface area contributed by atoms with Gasteiger partial charge in [-0.05, 0) is 32.0 Å². The number of nitriles is 1. The van der Waals surface area contributed by atoms with Gasteiger partial charge in [-0.15, -0.1) is 0 Å². The number of hydrogen-bond donors (Lipinski definition) is 0. The minimum absolute atomic E-state index is 0.0103. The molecule has 2 rings (SSSR count). The molecule has 0 aliphatic carbocycles. The van der Waals surface area contributed by atoms with Gasteiger partial charge in [0.15, 0.2) is 0 Å². The number of ether oxygens (including phenoxy) is 1. The summed E-state index contributed by atoms with van der Waals surface area (Å²) in [6.45, 7) is 3.76. The van der Waals surface area contributed by atoms with Crippen LogP contribution in [0.3, 0.4) is 0 Å². The Morgan fingerprint density at radius 2 is 2.18 bits per heavy atom. The van der Waals surface area contributed by atoms with Gasteiger partial charge < -0.3 is 9.64 Å². The summed E-state index contributed by atoms with van der Waals surface area (Å²) in [5.74, 6) is 0.631. The molecule has 0 saturated heterocycles. The Morgan fingerprint density at radius 3 is 2.82 bits per heavy atom. The van der Waals surface area contributed by atoms with E-state index in [1.165, 1.54) is 0 Å². The number of carbonyl (C=O) groups is 1. The Morgan fingerprint density at radius 1 is 1.47 bits per heavy atom. The van der Waals surface area contributed by atoms with Crippen molar-refractivity contribution in [3.8, 4) is 11.8 Å². The number of nitrogens with zero attached hydrogens (tertiary/aromatic N) is 2. The molecule has 1 amide bonds. The molecule has 4 heteroatoms. The van der Waals surface area contributed by atoms with E-state index in [9.17, 15) is 4.79 Å². The van der Waals surface area contributed by atoms with E-state index in [0.29, 0.717) is 23.4 Å². The first-order chi connectivity index (χ1) is 7.93. The molecule has 0 fully saturated rings. The van der Waals surface area contributed by atoms with E-state index in [1.807, 2.05) is 13.8 Å². The average Bonchev–Trinajstić information content (AvgIpc) is 2.34. The molecule has 0 bridgehead atoms. The van der Waals surface area contributed by atoms with E-state index in [0.717, 1.165) is 0 Å². The topological polar surface area (TPSA) is 53.3 Å². The van der Waals surface area contributed by atoms with E-state index >= 15 is 0 Å². The lowest BCUT2D eigenvalue weighted by Gasteiger charge is -2.22. The SMILES string of the molecule is CN1C(=O)CC(C)(C)Oc2ccc(C#N)cc21. The Bertz CT molecular complexity index is 515. The molecule has 88 valence electrons. The number of carbonyl (C=O) groups excluding carboxylic acids is 1. The maximum absolute atomic E-state index is 12.0. The second-order valence-electron chi connectivity index (χ2n) is 4.79. The molecule has 0 aromatic heterocycles. The van der Waals surface area contributed by atoms with Gasteiger partial charge in [0.05, 0.1) is 23.7 Å². The summed E-state index contributed by atoms with van der Waals surface area (Å²) < 4.78 is 5.81. The van der Waals surface area contributed by atoms with Crippen molar-refractivity contribution < 1.29 is 9.53 Å². The number of benzene rings is 1. The summed E-state index contributed by atoms with van der Waals surface area (Å²) >= 11 is 0. The molecule has 17 heavy (non-hydrogen) atoms. The molecule has 1 heterocycles. The molecule has 0 unspecified atom stereocenters. The Kier molecular flexibility index (Phi) is 2.55. The van der Waals surface area contributed by atoms with Gasteiger partial charge in [-0.3, -0.25) is 4.79 Å². The molecule has 1 aliphatic heterocycles. The lowest BCUT2D eigenvalue weighted by Crippen LogP contribution is -2.34. The maximum Gasteiger partial charge on any atom is 0.230 e. The zero-order valence-electron chi connectivity index (χ0n) is 10.2. The molecule has 4 nitrogen and oxygen atoms in total. The number of rotatable bonds is 0. The van der Waals surface area contributed by atoms with Crippen LogP contribution in [-0.2, 0) is 4.79 Å². The van der Waals surface area contributed by atoms with Crippen LogP contribution in [0.2, 0.25) is 0 Å². The summed E-state index contributed by atoms with van der Waals surface area (Å²) in [5, 5.41) is 8.87. The summed E-state index contributed by atoms with van der Waals surface area (Å²) in [6.07, 6.45) is 0.320. The first kappa shape index (κ1) is 11.5. The monoisotopic (exact) mass is 230 g/mol. The Balaban J connectivity index is 2.56. The number of hydrogen-bond acceptors (Lipinski definition) is 3. The van der Waals surface area contributed by atoms with Gasteiger partial charge in [0.1, 0.15) is 11.4 Å². The fourth-order valence-electron chi connectivity index (χ4n) is 1.89. The second kappa shape index (κ2) is 3.77. The van der Waals surface area contributed by atoms with Crippen molar-refractivity contribution in [1.29, 1.82) is 5.26 Å². The number of anilines is 1. The van der Waals surface area contributed by atoms with Crippen LogP contribution in [0.25, 0.3) is 0 Å². The summed E-state index contributed by atoms with van der Waals surface area (Å²) in [4.78, 5) is 13.5. The first-order valence-electron chi connectivity index (χ1n) is 5.43. The van der Waals surface area contributed by atoms with Crippen LogP contribution in [0.5, 0.6) is 5.75 Å². The Labute approximate surface area is 100 Å². The fourth-order valence-corrected chi connectivity index (χ4v) is 1.89. The highest BCUT2D eigenvalue weighted by atomic mass is 16.5. The van der Waals surface area contributed by atoms with E-state index in [4.69, 9.17) is 10.00 Å². The molecule has 0 N–H and O–H groups in total. The third kappa shape index (κ3) is 2.09. The highest BCUT2D eigenvalue weighted by Crippen LogP contribution is 2.36. The minimum Gasteiger partial charge on any atom is -0.485 e. The molecule has 0 saturated carbocycles. The largest absolute Gasteiger partial charge is 0.485 e. The van der Waals surface area contributed by atoms with Crippen molar-refractivity contribution >= 4 is 11.6 Å². The van der Waals surface area contributed by atoms with Gasteiger partial charge in [0, 0.05) is 7.05 Å². The molecule has 0 atom stereocenters. The molecular weight excluding hydrogens is 216 g/mol. The van der Waals surface area contributed by atoms with Gasteiger partial charge in [0.25, 0.3) is 0 Å². The van der Waals surface area contributed by atoms with E-state index in [1.54, 1.807) is 30.1 Å². The van der Waals surface area contributed by atoms with E-state index < -0.39 is 5.60 Å². The number of amides is 1.